The number of carbonyl (C=O) groups excluding carboxylic acids is 1. The first kappa shape index (κ1) is 22.9. The third-order valence-electron chi connectivity index (χ3n) is 5.66. The van der Waals surface area contributed by atoms with Crippen molar-refractivity contribution in [1.29, 1.82) is 0 Å². The van der Waals surface area contributed by atoms with E-state index in [1.807, 2.05) is 30.3 Å². The van der Waals surface area contributed by atoms with Gasteiger partial charge in [-0.1, -0.05) is 80.6 Å². The first-order valence-corrected chi connectivity index (χ1v) is 10.4. The van der Waals surface area contributed by atoms with Gasteiger partial charge in [-0.2, -0.15) is 0 Å². The van der Waals surface area contributed by atoms with Crippen LogP contribution in [0.5, 0.6) is 0 Å². The molecule has 0 bridgehead atoms. The fourth-order valence-electron chi connectivity index (χ4n) is 3.85. The molecule has 0 fully saturated rings. The summed E-state index contributed by atoms with van der Waals surface area (Å²) in [6.45, 7) is 4.14. The quantitative estimate of drug-likeness (QED) is 0.257. The number of hydrogen-bond donors (Lipinski definition) is 1. The number of carboxylic acid groups (broad SMARTS) is 1. The minimum Gasteiger partial charge on any atom is -0.481 e. The minimum absolute atomic E-state index is 0.000999. The number of carboxylic acids is 1. The smallest absolute Gasteiger partial charge is 0.311 e. The number of rotatable bonds is 9. The summed E-state index contributed by atoms with van der Waals surface area (Å²) in [6.07, 6.45) is -0.000999. The van der Waals surface area contributed by atoms with Gasteiger partial charge in [-0.05, 0) is 22.6 Å². The van der Waals surface area contributed by atoms with Crippen LogP contribution in [0.1, 0.15) is 65.1 Å². The molecule has 2 atom stereocenters. The van der Waals surface area contributed by atoms with E-state index in [1.165, 1.54) is 24.3 Å². The zero-order valence-electron chi connectivity index (χ0n) is 18.0. The van der Waals surface area contributed by atoms with E-state index in [0.717, 1.165) is 11.1 Å². The molecule has 0 amide bonds. The van der Waals surface area contributed by atoms with Crippen LogP contribution < -0.4 is 0 Å². The van der Waals surface area contributed by atoms with E-state index in [4.69, 9.17) is 0 Å². The maximum Gasteiger partial charge on any atom is 0.311 e. The summed E-state index contributed by atoms with van der Waals surface area (Å²) in [4.78, 5) is 35.9. The molecule has 0 spiro atoms. The van der Waals surface area contributed by atoms with Crippen molar-refractivity contribution in [3.05, 3.63) is 111 Å². The summed E-state index contributed by atoms with van der Waals surface area (Å²) >= 11 is 0. The van der Waals surface area contributed by atoms with Gasteiger partial charge >= 0.3 is 5.97 Å². The normalized spacial score (nSPS) is 12.8. The van der Waals surface area contributed by atoms with Crippen molar-refractivity contribution in [2.45, 2.75) is 38.0 Å². The second kappa shape index (κ2) is 10.0. The summed E-state index contributed by atoms with van der Waals surface area (Å²) in [5.41, 5.74) is 2.68. The third kappa shape index (κ3) is 5.27. The first-order valence-electron chi connectivity index (χ1n) is 10.4. The van der Waals surface area contributed by atoms with Crippen LogP contribution in [0.4, 0.5) is 5.69 Å². The number of non-ortho nitro benzene ring substituents is 1. The molecule has 6 nitrogen and oxygen atoms in total. The molecule has 0 aliphatic heterocycles. The van der Waals surface area contributed by atoms with E-state index >= 15 is 0 Å². The molecule has 0 aliphatic rings. The van der Waals surface area contributed by atoms with E-state index in [2.05, 4.69) is 13.8 Å². The zero-order valence-corrected chi connectivity index (χ0v) is 18.0. The maximum absolute atomic E-state index is 13.0. The molecule has 6 heteroatoms. The van der Waals surface area contributed by atoms with Crippen LogP contribution in [0, 0.1) is 10.1 Å². The summed E-state index contributed by atoms with van der Waals surface area (Å²) in [7, 11) is 0. The summed E-state index contributed by atoms with van der Waals surface area (Å²) in [6, 6.07) is 21.9. The van der Waals surface area contributed by atoms with Gasteiger partial charge in [-0.3, -0.25) is 19.7 Å². The predicted molar refractivity (Wildman–Crippen MR) is 122 cm³/mol. The molecule has 3 aromatic carbocycles. The lowest BCUT2D eigenvalue weighted by molar-refractivity contribution is -0.384. The first-order chi connectivity index (χ1) is 15.3. The lowest BCUT2D eigenvalue weighted by atomic mass is 9.77. The van der Waals surface area contributed by atoms with Crippen LogP contribution >= 0.6 is 0 Å². The van der Waals surface area contributed by atoms with Gasteiger partial charge < -0.3 is 5.11 Å². The Kier molecular flexibility index (Phi) is 7.15. The Hall–Kier alpha value is -3.80. The van der Waals surface area contributed by atoms with Gasteiger partial charge in [-0.25, -0.2) is 0 Å². The zero-order chi connectivity index (χ0) is 23.3. The third-order valence-corrected chi connectivity index (χ3v) is 5.66. The molecule has 0 heterocycles. The van der Waals surface area contributed by atoms with Crippen LogP contribution in [0.25, 0.3) is 0 Å². The van der Waals surface area contributed by atoms with Gasteiger partial charge in [0, 0.05) is 30.0 Å². The monoisotopic (exact) mass is 431 g/mol. The highest BCUT2D eigenvalue weighted by molar-refractivity contribution is 5.97. The second-order valence-electron chi connectivity index (χ2n) is 8.09. The van der Waals surface area contributed by atoms with Gasteiger partial charge in [0.05, 0.1) is 10.8 Å². The number of nitro groups is 1. The Morgan fingerprint density at radius 3 is 1.88 bits per heavy atom. The molecular formula is C26H25NO5. The number of aliphatic carboxylic acids is 1. The van der Waals surface area contributed by atoms with Crippen molar-refractivity contribution in [2.75, 3.05) is 0 Å². The fourth-order valence-corrected chi connectivity index (χ4v) is 3.85. The van der Waals surface area contributed by atoms with Gasteiger partial charge in [0.15, 0.2) is 5.78 Å². The predicted octanol–water partition coefficient (Wildman–Crippen LogP) is 5.94. The maximum atomic E-state index is 13.0. The molecule has 164 valence electrons. The SMILES string of the molecule is CC(C)c1ccc(C(CC(=O)c2ccccc2)C(C(=O)O)c2ccc([N+](=O)[O-])cc2)cc1. The molecule has 3 rings (SSSR count). The van der Waals surface area contributed by atoms with Gasteiger partial charge in [0.2, 0.25) is 0 Å². The molecule has 0 aromatic heterocycles. The van der Waals surface area contributed by atoms with Crippen molar-refractivity contribution in [1.82, 2.24) is 0 Å². The molecule has 1 N–H and O–H groups in total. The second-order valence-corrected chi connectivity index (χ2v) is 8.09. The molecule has 3 aromatic rings. The molecule has 32 heavy (non-hydrogen) atoms. The number of hydrogen-bond acceptors (Lipinski definition) is 4. The summed E-state index contributed by atoms with van der Waals surface area (Å²) in [5, 5.41) is 21.1. The molecule has 0 saturated carbocycles. The summed E-state index contributed by atoms with van der Waals surface area (Å²) < 4.78 is 0. The van der Waals surface area contributed by atoms with E-state index in [-0.39, 0.29) is 17.9 Å². The Morgan fingerprint density at radius 1 is 0.844 bits per heavy atom. The lowest BCUT2D eigenvalue weighted by Gasteiger charge is -2.25. The Bertz CT molecular complexity index is 1090. The highest BCUT2D eigenvalue weighted by Crippen LogP contribution is 2.38. The van der Waals surface area contributed by atoms with Gasteiger partial charge in [0.25, 0.3) is 5.69 Å². The van der Waals surface area contributed by atoms with E-state index in [0.29, 0.717) is 17.0 Å². The molecule has 0 radical (unpaired) electrons. The number of carbonyl (C=O) groups is 2. The molecule has 2 unspecified atom stereocenters. The van der Waals surface area contributed by atoms with Crippen molar-refractivity contribution >= 4 is 17.4 Å². The number of ketones is 1. The van der Waals surface area contributed by atoms with Crippen molar-refractivity contribution < 1.29 is 19.6 Å². The number of Topliss-reactive ketones (excluding diaryl/α,β-unsaturated/α-hetero) is 1. The average molecular weight is 431 g/mol. The molecular weight excluding hydrogens is 406 g/mol. The lowest BCUT2D eigenvalue weighted by Crippen LogP contribution is -2.23. The van der Waals surface area contributed by atoms with Crippen LogP contribution in [-0.2, 0) is 4.79 Å². The Labute approximate surface area is 186 Å². The Balaban J connectivity index is 2.04. The van der Waals surface area contributed by atoms with Crippen LogP contribution in [0.3, 0.4) is 0 Å². The minimum atomic E-state index is -1.09. The van der Waals surface area contributed by atoms with E-state index < -0.39 is 22.7 Å². The largest absolute Gasteiger partial charge is 0.481 e. The van der Waals surface area contributed by atoms with E-state index in [1.54, 1.807) is 24.3 Å². The van der Waals surface area contributed by atoms with Crippen molar-refractivity contribution in [2.24, 2.45) is 0 Å². The van der Waals surface area contributed by atoms with Gasteiger partial charge in [0.1, 0.15) is 0 Å². The number of nitrogens with zero attached hydrogens (tertiary/aromatic N) is 1. The standard InChI is InChI=1S/C26H25NO5/c1-17(2)18-8-10-19(11-9-18)23(16-24(28)20-6-4-3-5-7-20)25(26(29)30)21-12-14-22(15-13-21)27(31)32/h3-15,17,23,25H,16H2,1-2H3,(H,29,30). The number of nitro benzene ring substituents is 1. The van der Waals surface area contributed by atoms with Gasteiger partial charge in [-0.15, -0.1) is 0 Å². The highest BCUT2D eigenvalue weighted by atomic mass is 16.6. The number of benzene rings is 3. The van der Waals surface area contributed by atoms with Crippen molar-refractivity contribution in [3.63, 3.8) is 0 Å². The van der Waals surface area contributed by atoms with Crippen LogP contribution in [-0.4, -0.2) is 21.8 Å². The van der Waals surface area contributed by atoms with Crippen LogP contribution in [0.2, 0.25) is 0 Å². The Morgan fingerprint density at radius 2 is 1.38 bits per heavy atom. The van der Waals surface area contributed by atoms with Crippen LogP contribution in [0.15, 0.2) is 78.9 Å². The average Bonchev–Trinajstić information content (AvgIpc) is 2.79. The fraction of sp³-hybridized carbons (Fsp3) is 0.231. The topological polar surface area (TPSA) is 97.5 Å². The van der Waals surface area contributed by atoms with E-state index in [9.17, 15) is 24.8 Å². The van der Waals surface area contributed by atoms with Crippen molar-refractivity contribution in [3.8, 4) is 0 Å². The summed E-state index contributed by atoms with van der Waals surface area (Å²) in [5.74, 6) is -2.59. The highest BCUT2D eigenvalue weighted by Gasteiger charge is 2.33. The molecule has 0 aliphatic carbocycles. The molecule has 0 saturated heterocycles.